The summed E-state index contributed by atoms with van der Waals surface area (Å²) in [6, 6.07) is 20.7. The summed E-state index contributed by atoms with van der Waals surface area (Å²) in [7, 11) is 0. The number of nitrogens with zero attached hydrogens (tertiary/aromatic N) is 4. The zero-order chi connectivity index (χ0) is 26.0. The predicted octanol–water partition coefficient (Wildman–Crippen LogP) is 2.62. The number of hydrogen-bond donors (Lipinski definition) is 1. The van der Waals surface area contributed by atoms with Gasteiger partial charge in [-0.2, -0.15) is 0 Å². The Balaban J connectivity index is 1.47. The molecule has 0 aliphatic carbocycles. The summed E-state index contributed by atoms with van der Waals surface area (Å²) >= 11 is 0. The second kappa shape index (κ2) is 8.11. The standard InChI is InChI=1S/C29H23N5O4/c35-25-21-16-29(26(36)31-28(38)34(27(29)37)17-18-8-2-1-3-9-18)23-20-11-5-4-10-19(20)13-15-33(23)24(21)30-22-12-6-7-14-32(22)25/h1-12,14,23H,13,15-17H2,(H,31,36,38)/t23-,29+/m0/s1. The van der Waals surface area contributed by atoms with Crippen molar-refractivity contribution in [3.05, 3.63) is 112 Å². The van der Waals surface area contributed by atoms with Gasteiger partial charge in [-0.05, 0) is 35.2 Å². The second-order valence-electron chi connectivity index (χ2n) is 9.98. The van der Waals surface area contributed by atoms with Crippen LogP contribution in [-0.4, -0.2) is 38.7 Å². The summed E-state index contributed by atoms with van der Waals surface area (Å²) in [5.41, 5.74) is 1.35. The minimum absolute atomic E-state index is 0.0106. The van der Waals surface area contributed by atoms with Crippen LogP contribution in [0, 0.1) is 5.41 Å². The lowest BCUT2D eigenvalue weighted by Gasteiger charge is -2.53. The number of amides is 4. The normalized spacial score (nSPS) is 22.2. The average Bonchev–Trinajstić information content (AvgIpc) is 2.95. The average molecular weight is 506 g/mol. The van der Waals surface area contributed by atoms with Crippen LogP contribution >= 0.6 is 0 Å². The van der Waals surface area contributed by atoms with E-state index in [9.17, 15) is 19.2 Å². The SMILES string of the molecule is O=C1NC(=O)[C@]2(Cc3c(nc4ccccn4c3=O)N3CCc4ccccc4[C@H]32)C(=O)N1Cc1ccccc1. The third-order valence-electron chi connectivity index (χ3n) is 7.96. The number of hydrogen-bond acceptors (Lipinski definition) is 6. The van der Waals surface area contributed by atoms with Crippen LogP contribution in [0.2, 0.25) is 0 Å². The molecule has 1 fully saturated rings. The molecule has 1 spiro atoms. The van der Waals surface area contributed by atoms with Crippen molar-refractivity contribution in [2.75, 3.05) is 11.4 Å². The first-order valence-corrected chi connectivity index (χ1v) is 12.5. The van der Waals surface area contributed by atoms with Crippen LogP contribution < -0.4 is 15.8 Å². The zero-order valence-electron chi connectivity index (χ0n) is 20.3. The number of carbonyl (C=O) groups excluding carboxylic acids is 3. The van der Waals surface area contributed by atoms with Gasteiger partial charge < -0.3 is 4.90 Å². The number of fused-ring (bicyclic) bond motifs is 7. The van der Waals surface area contributed by atoms with Crippen molar-refractivity contribution in [1.29, 1.82) is 0 Å². The molecule has 0 radical (unpaired) electrons. The maximum absolute atomic E-state index is 14.5. The highest BCUT2D eigenvalue weighted by Gasteiger charge is 2.64. The lowest BCUT2D eigenvalue weighted by molar-refractivity contribution is -0.154. The quantitative estimate of drug-likeness (QED) is 0.420. The van der Waals surface area contributed by atoms with Crippen molar-refractivity contribution in [1.82, 2.24) is 19.6 Å². The molecule has 7 rings (SSSR count). The number of benzene rings is 2. The van der Waals surface area contributed by atoms with Crippen LogP contribution in [0.4, 0.5) is 10.6 Å². The van der Waals surface area contributed by atoms with Crippen LogP contribution in [0.5, 0.6) is 0 Å². The van der Waals surface area contributed by atoms with Gasteiger partial charge in [0.2, 0.25) is 11.8 Å². The highest BCUT2D eigenvalue weighted by molar-refractivity contribution is 6.20. The van der Waals surface area contributed by atoms with E-state index in [1.165, 1.54) is 4.40 Å². The molecule has 2 aromatic heterocycles. The topological polar surface area (TPSA) is 104 Å². The molecule has 1 saturated heterocycles. The summed E-state index contributed by atoms with van der Waals surface area (Å²) in [4.78, 5) is 63.0. The van der Waals surface area contributed by atoms with Gasteiger partial charge in [-0.15, -0.1) is 0 Å². The van der Waals surface area contributed by atoms with E-state index >= 15 is 0 Å². The Morgan fingerprint density at radius 2 is 1.68 bits per heavy atom. The molecule has 38 heavy (non-hydrogen) atoms. The predicted molar refractivity (Wildman–Crippen MR) is 138 cm³/mol. The van der Waals surface area contributed by atoms with Gasteiger partial charge in [0.1, 0.15) is 11.5 Å². The number of urea groups is 1. The molecule has 0 bridgehead atoms. The minimum Gasteiger partial charge on any atom is -0.347 e. The van der Waals surface area contributed by atoms with Crippen LogP contribution in [0.15, 0.2) is 83.8 Å². The lowest BCUT2D eigenvalue weighted by Crippen LogP contribution is -2.70. The Bertz CT molecular complexity index is 1720. The molecule has 1 N–H and O–H groups in total. The third-order valence-corrected chi connectivity index (χ3v) is 7.96. The first-order valence-electron chi connectivity index (χ1n) is 12.5. The van der Waals surface area contributed by atoms with Crippen LogP contribution in [0.25, 0.3) is 5.65 Å². The van der Waals surface area contributed by atoms with Gasteiger partial charge in [-0.25, -0.2) is 9.78 Å². The molecule has 2 aromatic carbocycles. The fourth-order valence-electron chi connectivity index (χ4n) is 6.22. The third kappa shape index (κ3) is 3.01. The minimum atomic E-state index is -1.73. The monoisotopic (exact) mass is 505 g/mol. The van der Waals surface area contributed by atoms with Gasteiger partial charge in [0.15, 0.2) is 5.41 Å². The van der Waals surface area contributed by atoms with Crippen molar-refractivity contribution in [2.45, 2.75) is 25.4 Å². The fraction of sp³-hybridized carbons (Fsp3) is 0.207. The molecule has 9 nitrogen and oxygen atoms in total. The summed E-state index contributed by atoms with van der Waals surface area (Å²) < 4.78 is 1.43. The van der Waals surface area contributed by atoms with E-state index in [1.807, 2.05) is 65.6 Å². The van der Waals surface area contributed by atoms with Crippen molar-refractivity contribution >= 4 is 29.3 Å². The van der Waals surface area contributed by atoms with Gasteiger partial charge in [0, 0.05) is 19.2 Å². The zero-order valence-corrected chi connectivity index (χ0v) is 20.3. The number of rotatable bonds is 2. The molecule has 0 saturated carbocycles. The smallest absolute Gasteiger partial charge is 0.331 e. The van der Waals surface area contributed by atoms with E-state index in [2.05, 4.69) is 5.32 Å². The maximum atomic E-state index is 14.5. The van der Waals surface area contributed by atoms with Crippen LogP contribution in [0.3, 0.4) is 0 Å². The second-order valence-corrected chi connectivity index (χ2v) is 9.98. The number of anilines is 1. The van der Waals surface area contributed by atoms with Crippen LogP contribution in [-0.2, 0) is 29.0 Å². The van der Waals surface area contributed by atoms with Gasteiger partial charge in [-0.3, -0.25) is 29.0 Å². The highest BCUT2D eigenvalue weighted by atomic mass is 16.2. The Kier molecular flexibility index (Phi) is 4.78. The van der Waals surface area contributed by atoms with Gasteiger partial charge in [0.25, 0.3) is 5.56 Å². The van der Waals surface area contributed by atoms with Crippen molar-refractivity contribution in [2.24, 2.45) is 5.41 Å². The summed E-state index contributed by atoms with van der Waals surface area (Å²) in [6.45, 7) is 0.482. The number of imide groups is 2. The molecule has 2 atom stereocenters. The summed E-state index contributed by atoms with van der Waals surface area (Å²) in [5, 5.41) is 2.46. The molecular weight excluding hydrogens is 482 g/mol. The number of pyridine rings is 1. The maximum Gasteiger partial charge on any atom is 0.331 e. The molecule has 3 aliphatic rings. The molecule has 0 unspecified atom stereocenters. The number of barbiturate groups is 1. The first-order chi connectivity index (χ1) is 18.5. The van der Waals surface area contributed by atoms with Crippen molar-refractivity contribution < 1.29 is 14.4 Å². The Labute approximate surface area is 217 Å². The van der Waals surface area contributed by atoms with Crippen molar-refractivity contribution in [3.63, 3.8) is 0 Å². The van der Waals surface area contributed by atoms with E-state index in [0.717, 1.165) is 21.6 Å². The molecule has 4 amide bonds. The molecule has 3 aliphatic heterocycles. The number of carbonyl (C=O) groups is 3. The molecule has 5 heterocycles. The summed E-state index contributed by atoms with van der Waals surface area (Å²) in [6.07, 6.45) is 2.13. The molecule has 188 valence electrons. The van der Waals surface area contributed by atoms with E-state index in [0.29, 0.717) is 30.0 Å². The van der Waals surface area contributed by atoms with Crippen LogP contribution in [0.1, 0.15) is 28.3 Å². The van der Waals surface area contributed by atoms with E-state index in [1.54, 1.807) is 18.3 Å². The van der Waals surface area contributed by atoms with E-state index < -0.39 is 29.3 Å². The van der Waals surface area contributed by atoms with Crippen molar-refractivity contribution in [3.8, 4) is 0 Å². The Morgan fingerprint density at radius 1 is 0.921 bits per heavy atom. The number of aromatic nitrogens is 2. The molecular formula is C29H23N5O4. The van der Waals surface area contributed by atoms with Gasteiger partial charge >= 0.3 is 6.03 Å². The molecule has 9 heteroatoms. The van der Waals surface area contributed by atoms with E-state index in [4.69, 9.17) is 4.98 Å². The Hall–Kier alpha value is -4.79. The highest BCUT2D eigenvalue weighted by Crippen LogP contribution is 2.52. The lowest BCUT2D eigenvalue weighted by atomic mass is 9.65. The van der Waals surface area contributed by atoms with Gasteiger partial charge in [-0.1, -0.05) is 60.7 Å². The number of nitrogens with one attached hydrogen (secondary N) is 1. The van der Waals surface area contributed by atoms with E-state index in [-0.39, 0.29) is 18.5 Å². The summed E-state index contributed by atoms with van der Waals surface area (Å²) in [5.74, 6) is -0.810. The van der Waals surface area contributed by atoms with Gasteiger partial charge in [0.05, 0.1) is 18.2 Å². The first kappa shape index (κ1) is 22.4. The largest absolute Gasteiger partial charge is 0.347 e. The molecule has 4 aromatic rings. The Morgan fingerprint density at radius 3 is 2.53 bits per heavy atom. The fourth-order valence-corrected chi connectivity index (χ4v) is 6.22.